The molecule has 0 atom stereocenters. The van der Waals surface area contributed by atoms with Gasteiger partial charge in [-0.25, -0.2) is 17.9 Å². The molecular weight excluding hydrogens is 232 g/mol. The maximum atomic E-state index is 11.6. The van der Waals surface area contributed by atoms with Crippen LogP contribution in [0, 0.1) is 0 Å². The van der Waals surface area contributed by atoms with E-state index in [0.717, 1.165) is 25.7 Å². The fourth-order valence-electron chi connectivity index (χ4n) is 1.72. The van der Waals surface area contributed by atoms with Crippen molar-refractivity contribution in [1.82, 2.24) is 10.0 Å². The van der Waals surface area contributed by atoms with Gasteiger partial charge in [-0.1, -0.05) is 12.8 Å². The lowest BCUT2D eigenvalue weighted by atomic mass is 10.3. The predicted octanol–water partition coefficient (Wildman–Crippen LogP) is 0.204. The van der Waals surface area contributed by atoms with Crippen LogP contribution in [0.1, 0.15) is 25.7 Å². The van der Waals surface area contributed by atoms with E-state index in [1.54, 1.807) is 0 Å². The van der Waals surface area contributed by atoms with Gasteiger partial charge in [-0.05, 0) is 12.8 Å². The van der Waals surface area contributed by atoms with Crippen LogP contribution in [0.25, 0.3) is 0 Å². The van der Waals surface area contributed by atoms with Crippen molar-refractivity contribution in [1.29, 1.82) is 0 Å². The Morgan fingerprint density at radius 3 is 2.56 bits per heavy atom. The predicted molar refractivity (Wildman–Crippen MR) is 59.6 cm³/mol. The van der Waals surface area contributed by atoms with Crippen molar-refractivity contribution in [2.45, 2.75) is 31.7 Å². The summed E-state index contributed by atoms with van der Waals surface area (Å²) in [4.78, 5) is 10.7. The summed E-state index contributed by atoms with van der Waals surface area (Å²) in [6.45, 7) is 0.0642. The molecule has 1 aliphatic rings. The molecule has 0 radical (unpaired) electrons. The van der Waals surface area contributed by atoms with Gasteiger partial charge in [0.25, 0.3) is 0 Å². The van der Waals surface area contributed by atoms with Crippen LogP contribution < -0.4 is 10.0 Å². The van der Waals surface area contributed by atoms with Crippen molar-refractivity contribution in [3.63, 3.8) is 0 Å². The second-order valence-electron chi connectivity index (χ2n) is 3.84. The van der Waals surface area contributed by atoms with Crippen molar-refractivity contribution in [3.8, 4) is 0 Å². The monoisotopic (exact) mass is 250 g/mol. The molecule has 0 heterocycles. The van der Waals surface area contributed by atoms with Gasteiger partial charge in [0.2, 0.25) is 10.0 Å². The molecule has 7 heteroatoms. The molecule has 0 aromatic rings. The van der Waals surface area contributed by atoms with Gasteiger partial charge in [0.1, 0.15) is 0 Å². The summed E-state index contributed by atoms with van der Waals surface area (Å²) < 4.78 is 30.1. The number of carbonyl (C=O) groups excluding carboxylic acids is 1. The topological polar surface area (TPSA) is 84.5 Å². The standard InChI is InChI=1S/C9H18N2O4S/c1-15-9(12)10-6-7-16(13,14)11-8-4-2-3-5-8/h8,11H,2-7H2,1H3,(H,10,12). The second kappa shape index (κ2) is 6.05. The smallest absolute Gasteiger partial charge is 0.406 e. The van der Waals surface area contributed by atoms with Crippen LogP contribution in [0.4, 0.5) is 4.79 Å². The van der Waals surface area contributed by atoms with Crippen LogP contribution in [0.2, 0.25) is 0 Å². The van der Waals surface area contributed by atoms with E-state index in [1.807, 2.05) is 0 Å². The molecule has 0 aromatic heterocycles. The first-order valence-electron chi connectivity index (χ1n) is 5.35. The van der Waals surface area contributed by atoms with E-state index in [4.69, 9.17) is 0 Å². The molecule has 1 amide bonds. The Kier molecular flexibility index (Phi) is 5.01. The van der Waals surface area contributed by atoms with Crippen molar-refractivity contribution in [3.05, 3.63) is 0 Å². The summed E-state index contributed by atoms with van der Waals surface area (Å²) in [5.74, 6) is -0.113. The fraction of sp³-hybridized carbons (Fsp3) is 0.889. The van der Waals surface area contributed by atoms with Crippen LogP contribution in [-0.4, -0.2) is 40.0 Å². The Labute approximate surface area is 95.8 Å². The zero-order valence-corrected chi connectivity index (χ0v) is 10.2. The Balaban J connectivity index is 2.25. The number of sulfonamides is 1. The number of rotatable bonds is 5. The SMILES string of the molecule is COC(=O)NCCS(=O)(=O)NC1CCCC1. The molecule has 0 saturated heterocycles. The lowest BCUT2D eigenvalue weighted by Crippen LogP contribution is -2.38. The Bertz CT molecular complexity index is 322. The molecule has 16 heavy (non-hydrogen) atoms. The minimum atomic E-state index is -3.29. The number of hydrogen-bond acceptors (Lipinski definition) is 4. The number of amides is 1. The molecule has 0 spiro atoms. The maximum Gasteiger partial charge on any atom is 0.406 e. The quantitative estimate of drug-likeness (QED) is 0.730. The molecule has 2 N–H and O–H groups in total. The molecule has 0 aliphatic heterocycles. The molecule has 1 saturated carbocycles. The lowest BCUT2D eigenvalue weighted by Gasteiger charge is -2.12. The van der Waals surface area contributed by atoms with Crippen molar-refractivity contribution in [2.75, 3.05) is 19.4 Å². The number of alkyl carbamates (subject to hydrolysis) is 1. The van der Waals surface area contributed by atoms with Gasteiger partial charge in [0.05, 0.1) is 12.9 Å². The van der Waals surface area contributed by atoms with E-state index in [1.165, 1.54) is 7.11 Å². The van der Waals surface area contributed by atoms with Gasteiger partial charge in [0.15, 0.2) is 0 Å². The summed E-state index contributed by atoms with van der Waals surface area (Å²) in [7, 11) is -2.05. The molecule has 1 aliphatic carbocycles. The molecule has 0 aromatic carbocycles. The zero-order valence-electron chi connectivity index (χ0n) is 9.36. The second-order valence-corrected chi connectivity index (χ2v) is 5.71. The van der Waals surface area contributed by atoms with Gasteiger partial charge < -0.3 is 10.1 Å². The average Bonchev–Trinajstić information content (AvgIpc) is 2.69. The number of ether oxygens (including phenoxy) is 1. The largest absolute Gasteiger partial charge is 0.453 e. The van der Waals surface area contributed by atoms with E-state index in [0.29, 0.717) is 0 Å². The lowest BCUT2D eigenvalue weighted by molar-refractivity contribution is 0.172. The van der Waals surface area contributed by atoms with Crippen LogP contribution >= 0.6 is 0 Å². The van der Waals surface area contributed by atoms with Gasteiger partial charge in [-0.2, -0.15) is 0 Å². The summed E-state index contributed by atoms with van der Waals surface area (Å²) >= 11 is 0. The first kappa shape index (κ1) is 13.2. The highest BCUT2D eigenvalue weighted by molar-refractivity contribution is 7.89. The van der Waals surface area contributed by atoms with Gasteiger partial charge >= 0.3 is 6.09 Å². The molecule has 1 rings (SSSR count). The molecule has 0 unspecified atom stereocenters. The Hall–Kier alpha value is -0.820. The van der Waals surface area contributed by atoms with Crippen molar-refractivity contribution < 1.29 is 17.9 Å². The molecular formula is C9H18N2O4S. The van der Waals surface area contributed by atoms with Crippen LogP contribution in [0.15, 0.2) is 0 Å². The highest BCUT2D eigenvalue weighted by Gasteiger charge is 2.21. The Morgan fingerprint density at radius 2 is 2.00 bits per heavy atom. The maximum absolute atomic E-state index is 11.6. The van der Waals surface area contributed by atoms with Gasteiger partial charge in [-0.15, -0.1) is 0 Å². The van der Waals surface area contributed by atoms with E-state index in [-0.39, 0.29) is 18.3 Å². The minimum Gasteiger partial charge on any atom is -0.453 e. The van der Waals surface area contributed by atoms with E-state index in [2.05, 4.69) is 14.8 Å². The Morgan fingerprint density at radius 1 is 1.38 bits per heavy atom. The average molecular weight is 250 g/mol. The van der Waals surface area contributed by atoms with E-state index >= 15 is 0 Å². The third-order valence-electron chi connectivity index (χ3n) is 2.53. The van der Waals surface area contributed by atoms with Gasteiger partial charge in [-0.3, -0.25) is 0 Å². The fourth-order valence-corrected chi connectivity index (χ4v) is 2.95. The summed E-state index contributed by atoms with van der Waals surface area (Å²) in [6.07, 6.45) is 3.35. The number of carbonyl (C=O) groups is 1. The minimum absolute atomic E-state index is 0.0642. The zero-order chi connectivity index (χ0) is 12.0. The number of hydrogen-bond donors (Lipinski definition) is 2. The normalized spacial score (nSPS) is 17.3. The summed E-state index contributed by atoms with van der Waals surface area (Å²) in [6, 6.07) is 0.0723. The first-order chi connectivity index (χ1) is 7.53. The number of methoxy groups -OCH3 is 1. The van der Waals surface area contributed by atoms with Crippen LogP contribution in [-0.2, 0) is 14.8 Å². The highest BCUT2D eigenvalue weighted by atomic mass is 32.2. The molecule has 6 nitrogen and oxygen atoms in total. The van der Waals surface area contributed by atoms with Crippen LogP contribution in [0.5, 0.6) is 0 Å². The van der Waals surface area contributed by atoms with Gasteiger partial charge in [0, 0.05) is 12.6 Å². The van der Waals surface area contributed by atoms with E-state index < -0.39 is 16.1 Å². The first-order valence-corrected chi connectivity index (χ1v) is 7.00. The highest BCUT2D eigenvalue weighted by Crippen LogP contribution is 2.18. The molecule has 94 valence electrons. The van der Waals surface area contributed by atoms with Crippen molar-refractivity contribution >= 4 is 16.1 Å². The van der Waals surface area contributed by atoms with Crippen molar-refractivity contribution in [2.24, 2.45) is 0 Å². The van der Waals surface area contributed by atoms with Crippen LogP contribution in [0.3, 0.4) is 0 Å². The third-order valence-corrected chi connectivity index (χ3v) is 3.96. The molecule has 0 bridgehead atoms. The summed E-state index contributed by atoms with van der Waals surface area (Å²) in [5, 5.41) is 2.33. The van der Waals surface area contributed by atoms with E-state index in [9.17, 15) is 13.2 Å². The number of nitrogens with one attached hydrogen (secondary N) is 2. The third kappa shape index (κ3) is 4.80. The molecule has 1 fully saturated rings. The summed E-state index contributed by atoms with van der Waals surface area (Å²) in [5.41, 5.74) is 0.